The van der Waals surface area contributed by atoms with E-state index in [-0.39, 0.29) is 6.42 Å². The second-order valence-corrected chi connectivity index (χ2v) is 3.31. The van der Waals surface area contributed by atoms with Crippen LogP contribution in [-0.2, 0) is 13.5 Å². The van der Waals surface area contributed by atoms with Crippen molar-refractivity contribution in [1.82, 2.24) is 20.1 Å². The van der Waals surface area contributed by atoms with Gasteiger partial charge in [0.05, 0.1) is 6.42 Å². The topological polar surface area (TPSA) is 42.7 Å². The van der Waals surface area contributed by atoms with Crippen LogP contribution in [0.5, 0.6) is 0 Å². The standard InChI is InChI=1S/C8H13F3N4/c1-12-6(4-8(9,10)11)3-7-13-5-14-15(7)2/h5-6,12H,3-4H2,1-2H3. The van der Waals surface area contributed by atoms with Crippen LogP contribution in [0.25, 0.3) is 0 Å². The molecule has 0 bridgehead atoms. The quantitative estimate of drug-likeness (QED) is 0.823. The molecule has 15 heavy (non-hydrogen) atoms. The predicted octanol–water partition coefficient (Wildman–Crippen LogP) is 0.898. The van der Waals surface area contributed by atoms with E-state index in [0.29, 0.717) is 5.82 Å². The Labute approximate surface area is 85.5 Å². The Morgan fingerprint density at radius 1 is 1.53 bits per heavy atom. The van der Waals surface area contributed by atoms with E-state index in [0.717, 1.165) is 0 Å². The van der Waals surface area contributed by atoms with Crippen LogP contribution in [0.15, 0.2) is 6.33 Å². The van der Waals surface area contributed by atoms with Gasteiger partial charge >= 0.3 is 6.18 Å². The van der Waals surface area contributed by atoms with Crippen molar-refractivity contribution in [1.29, 1.82) is 0 Å². The normalized spacial score (nSPS) is 14.2. The Balaban J connectivity index is 2.58. The Morgan fingerprint density at radius 2 is 2.20 bits per heavy atom. The lowest BCUT2D eigenvalue weighted by Crippen LogP contribution is -2.33. The van der Waals surface area contributed by atoms with Crippen LogP contribution in [0.3, 0.4) is 0 Å². The first-order chi connectivity index (χ1) is 6.92. The molecule has 1 N–H and O–H groups in total. The summed E-state index contributed by atoms with van der Waals surface area (Å²) in [6.45, 7) is 0. The fraction of sp³-hybridized carbons (Fsp3) is 0.750. The largest absolute Gasteiger partial charge is 0.390 e. The lowest BCUT2D eigenvalue weighted by Gasteiger charge is -2.17. The van der Waals surface area contributed by atoms with Gasteiger partial charge in [-0.1, -0.05) is 0 Å². The summed E-state index contributed by atoms with van der Waals surface area (Å²) in [5.41, 5.74) is 0. The first-order valence-electron chi connectivity index (χ1n) is 4.49. The summed E-state index contributed by atoms with van der Waals surface area (Å²) in [7, 11) is 3.16. The number of alkyl halides is 3. The molecule has 1 aromatic rings. The molecule has 1 heterocycles. The molecule has 7 heteroatoms. The summed E-state index contributed by atoms with van der Waals surface area (Å²) in [5.74, 6) is 0.540. The predicted molar refractivity (Wildman–Crippen MR) is 48.2 cm³/mol. The van der Waals surface area contributed by atoms with Crippen molar-refractivity contribution in [3.63, 3.8) is 0 Å². The van der Waals surface area contributed by atoms with Crippen LogP contribution in [-0.4, -0.2) is 34.0 Å². The fourth-order valence-electron chi connectivity index (χ4n) is 1.28. The van der Waals surface area contributed by atoms with Gasteiger partial charge in [0.15, 0.2) is 0 Å². The Morgan fingerprint density at radius 3 is 2.60 bits per heavy atom. The van der Waals surface area contributed by atoms with E-state index in [4.69, 9.17) is 0 Å². The molecule has 0 aromatic carbocycles. The highest BCUT2D eigenvalue weighted by atomic mass is 19.4. The number of aryl methyl sites for hydroxylation is 1. The van der Waals surface area contributed by atoms with E-state index in [1.165, 1.54) is 18.1 Å². The minimum Gasteiger partial charge on any atom is -0.316 e. The highest BCUT2D eigenvalue weighted by molar-refractivity contribution is 4.89. The Hall–Kier alpha value is -1.11. The first kappa shape index (κ1) is 12.0. The zero-order chi connectivity index (χ0) is 11.5. The summed E-state index contributed by atoms with van der Waals surface area (Å²) in [6, 6.07) is -0.659. The minimum absolute atomic E-state index is 0.215. The van der Waals surface area contributed by atoms with Crippen LogP contribution >= 0.6 is 0 Å². The third-order valence-corrected chi connectivity index (χ3v) is 2.12. The zero-order valence-electron chi connectivity index (χ0n) is 8.54. The van der Waals surface area contributed by atoms with Gasteiger partial charge < -0.3 is 5.32 Å². The summed E-state index contributed by atoms with van der Waals surface area (Å²) in [6.07, 6.45) is -3.48. The highest BCUT2D eigenvalue weighted by Crippen LogP contribution is 2.22. The van der Waals surface area contributed by atoms with Crippen LogP contribution in [0.2, 0.25) is 0 Å². The fourth-order valence-corrected chi connectivity index (χ4v) is 1.28. The Kier molecular flexibility index (Phi) is 3.67. The number of nitrogens with zero attached hydrogens (tertiary/aromatic N) is 3. The molecule has 0 fully saturated rings. The number of nitrogens with one attached hydrogen (secondary N) is 1. The van der Waals surface area contributed by atoms with Crippen LogP contribution in [0, 0.1) is 0 Å². The van der Waals surface area contributed by atoms with Crippen molar-refractivity contribution in [3.05, 3.63) is 12.2 Å². The number of rotatable bonds is 4. The lowest BCUT2D eigenvalue weighted by atomic mass is 10.1. The highest BCUT2D eigenvalue weighted by Gasteiger charge is 2.31. The molecule has 0 aliphatic carbocycles. The molecule has 0 aliphatic heterocycles. The lowest BCUT2D eigenvalue weighted by molar-refractivity contribution is -0.139. The van der Waals surface area contributed by atoms with Gasteiger partial charge in [-0.25, -0.2) is 4.98 Å². The molecule has 0 radical (unpaired) electrons. The van der Waals surface area contributed by atoms with Gasteiger partial charge in [-0.2, -0.15) is 18.3 Å². The van der Waals surface area contributed by atoms with Crippen molar-refractivity contribution in [2.75, 3.05) is 7.05 Å². The number of aromatic nitrogens is 3. The molecular weight excluding hydrogens is 209 g/mol. The van der Waals surface area contributed by atoms with E-state index in [2.05, 4.69) is 15.4 Å². The van der Waals surface area contributed by atoms with E-state index in [9.17, 15) is 13.2 Å². The number of hydrogen-bond acceptors (Lipinski definition) is 3. The molecule has 0 spiro atoms. The molecule has 1 unspecified atom stereocenters. The maximum atomic E-state index is 12.1. The van der Waals surface area contributed by atoms with Gasteiger partial charge in [-0.15, -0.1) is 0 Å². The van der Waals surface area contributed by atoms with Gasteiger partial charge in [0.25, 0.3) is 0 Å². The van der Waals surface area contributed by atoms with E-state index in [1.54, 1.807) is 7.05 Å². The SMILES string of the molecule is CNC(Cc1ncnn1C)CC(F)(F)F. The van der Waals surface area contributed by atoms with E-state index in [1.807, 2.05) is 0 Å². The zero-order valence-corrected chi connectivity index (χ0v) is 8.54. The molecule has 1 aromatic heterocycles. The third kappa shape index (κ3) is 3.86. The molecular formula is C8H13F3N4. The first-order valence-corrected chi connectivity index (χ1v) is 4.49. The number of hydrogen-bond donors (Lipinski definition) is 1. The van der Waals surface area contributed by atoms with Crippen LogP contribution in [0.1, 0.15) is 12.2 Å². The molecule has 4 nitrogen and oxygen atoms in total. The van der Waals surface area contributed by atoms with Gasteiger partial charge in [0.2, 0.25) is 0 Å². The van der Waals surface area contributed by atoms with Crippen molar-refractivity contribution < 1.29 is 13.2 Å². The van der Waals surface area contributed by atoms with Gasteiger partial charge in [-0.05, 0) is 7.05 Å². The van der Waals surface area contributed by atoms with E-state index >= 15 is 0 Å². The summed E-state index contributed by atoms with van der Waals surface area (Å²) in [4.78, 5) is 3.88. The van der Waals surface area contributed by atoms with Crippen molar-refractivity contribution in [2.45, 2.75) is 25.1 Å². The third-order valence-electron chi connectivity index (χ3n) is 2.12. The molecule has 1 atom stereocenters. The maximum Gasteiger partial charge on any atom is 0.390 e. The Bertz CT molecular complexity index is 307. The van der Waals surface area contributed by atoms with Crippen LogP contribution in [0.4, 0.5) is 13.2 Å². The molecule has 0 aliphatic rings. The van der Waals surface area contributed by atoms with Crippen molar-refractivity contribution >= 4 is 0 Å². The number of likely N-dealkylation sites (N-methyl/N-ethyl adjacent to an activating group) is 1. The summed E-state index contributed by atoms with van der Waals surface area (Å²) >= 11 is 0. The smallest absolute Gasteiger partial charge is 0.316 e. The molecule has 0 amide bonds. The average molecular weight is 222 g/mol. The maximum absolute atomic E-state index is 12.1. The van der Waals surface area contributed by atoms with Crippen molar-refractivity contribution in [2.24, 2.45) is 7.05 Å². The average Bonchev–Trinajstić information content (AvgIpc) is 2.48. The second-order valence-electron chi connectivity index (χ2n) is 3.31. The van der Waals surface area contributed by atoms with Gasteiger partial charge in [-0.3, -0.25) is 4.68 Å². The summed E-state index contributed by atoms with van der Waals surface area (Å²) < 4.78 is 37.9. The molecule has 0 saturated carbocycles. The second kappa shape index (κ2) is 4.61. The summed E-state index contributed by atoms with van der Waals surface area (Å²) in [5, 5.41) is 6.42. The molecule has 0 saturated heterocycles. The van der Waals surface area contributed by atoms with Gasteiger partial charge in [0.1, 0.15) is 12.2 Å². The monoisotopic (exact) mass is 222 g/mol. The number of halogens is 3. The molecule has 86 valence electrons. The van der Waals surface area contributed by atoms with E-state index < -0.39 is 18.6 Å². The minimum atomic E-state index is -4.16. The van der Waals surface area contributed by atoms with Crippen LogP contribution < -0.4 is 5.32 Å². The van der Waals surface area contributed by atoms with Gasteiger partial charge in [0, 0.05) is 19.5 Å². The van der Waals surface area contributed by atoms with Crippen molar-refractivity contribution in [3.8, 4) is 0 Å². The molecule has 1 rings (SSSR count).